The van der Waals surface area contributed by atoms with Crippen molar-refractivity contribution in [1.82, 2.24) is 9.80 Å². The van der Waals surface area contributed by atoms with E-state index >= 15 is 0 Å². The van der Waals surface area contributed by atoms with Gasteiger partial charge >= 0.3 is 0 Å². The van der Waals surface area contributed by atoms with E-state index < -0.39 is 0 Å². The first-order valence-corrected chi connectivity index (χ1v) is 13.6. The van der Waals surface area contributed by atoms with Crippen LogP contribution in [0.4, 0.5) is 0 Å². The standard InChI is InChI=1S/C30H42N2O6/c1-34-26-11-9-22(19-28(26)36-3)13-18-38-25-8-6-5-7-24(25)31-14-16-32(17-15-31)30(33)21-23-10-12-27(35-2)29(20-23)37-4/h9-12,19-20,24-25H,5-8,13-18,21H2,1-4H3/t24-,25?/m1/s1. The second-order valence-electron chi connectivity index (χ2n) is 9.98. The first kappa shape index (κ1) is 28.0. The summed E-state index contributed by atoms with van der Waals surface area (Å²) in [6.45, 7) is 3.96. The molecule has 4 rings (SSSR count). The summed E-state index contributed by atoms with van der Waals surface area (Å²) in [7, 11) is 6.54. The van der Waals surface area contributed by atoms with Gasteiger partial charge in [0.2, 0.25) is 5.91 Å². The third-order valence-electron chi connectivity index (χ3n) is 7.78. The van der Waals surface area contributed by atoms with E-state index in [1.165, 1.54) is 18.4 Å². The van der Waals surface area contributed by atoms with Crippen LogP contribution < -0.4 is 18.9 Å². The average Bonchev–Trinajstić information content (AvgIpc) is 2.97. The minimum atomic E-state index is 0.156. The lowest BCUT2D eigenvalue weighted by Crippen LogP contribution is -2.56. The molecule has 2 aromatic carbocycles. The number of carbonyl (C=O) groups excluding carboxylic acids is 1. The molecule has 0 spiro atoms. The topological polar surface area (TPSA) is 69.7 Å². The third-order valence-corrected chi connectivity index (χ3v) is 7.78. The fourth-order valence-electron chi connectivity index (χ4n) is 5.63. The Morgan fingerprint density at radius 2 is 1.34 bits per heavy atom. The SMILES string of the molecule is COc1ccc(CCOC2CCCC[C@H]2N2CCN(C(=O)Cc3ccc(OC)c(OC)c3)CC2)cc1OC. The molecule has 0 radical (unpaired) electrons. The molecule has 38 heavy (non-hydrogen) atoms. The predicted molar refractivity (Wildman–Crippen MR) is 147 cm³/mol. The monoisotopic (exact) mass is 526 g/mol. The van der Waals surface area contributed by atoms with Crippen LogP contribution in [-0.4, -0.2) is 89.1 Å². The van der Waals surface area contributed by atoms with Gasteiger partial charge in [0.25, 0.3) is 0 Å². The van der Waals surface area contributed by atoms with Crippen LogP contribution in [0.3, 0.4) is 0 Å². The molecule has 0 bridgehead atoms. The highest BCUT2D eigenvalue weighted by molar-refractivity contribution is 5.79. The number of hydrogen-bond acceptors (Lipinski definition) is 7. The van der Waals surface area contributed by atoms with Crippen LogP contribution in [0.5, 0.6) is 23.0 Å². The van der Waals surface area contributed by atoms with Crippen molar-refractivity contribution in [3.63, 3.8) is 0 Å². The Morgan fingerprint density at radius 3 is 1.97 bits per heavy atom. The molecule has 1 amide bonds. The lowest BCUT2D eigenvalue weighted by molar-refractivity contribution is -0.133. The van der Waals surface area contributed by atoms with Crippen LogP contribution in [0.25, 0.3) is 0 Å². The van der Waals surface area contributed by atoms with Crippen LogP contribution >= 0.6 is 0 Å². The number of hydrogen-bond donors (Lipinski definition) is 0. The highest BCUT2D eigenvalue weighted by Crippen LogP contribution is 2.30. The van der Waals surface area contributed by atoms with Crippen LogP contribution in [0.15, 0.2) is 36.4 Å². The zero-order valence-corrected chi connectivity index (χ0v) is 23.2. The maximum atomic E-state index is 13.0. The van der Waals surface area contributed by atoms with Crippen molar-refractivity contribution in [2.45, 2.75) is 50.7 Å². The number of piperazine rings is 1. The van der Waals surface area contributed by atoms with E-state index in [4.69, 9.17) is 23.7 Å². The molecule has 2 aromatic rings. The molecule has 1 unspecified atom stereocenters. The summed E-state index contributed by atoms with van der Waals surface area (Å²) >= 11 is 0. The van der Waals surface area contributed by atoms with Crippen molar-refractivity contribution in [3.05, 3.63) is 47.5 Å². The minimum Gasteiger partial charge on any atom is -0.493 e. The Kier molecular flexibility index (Phi) is 10.1. The lowest BCUT2D eigenvalue weighted by atomic mass is 9.90. The Balaban J connectivity index is 1.27. The maximum absolute atomic E-state index is 13.0. The third kappa shape index (κ3) is 6.91. The van der Waals surface area contributed by atoms with Crippen molar-refractivity contribution in [2.24, 2.45) is 0 Å². The molecular formula is C30H42N2O6. The molecule has 1 heterocycles. The summed E-state index contributed by atoms with van der Waals surface area (Å²) in [5, 5.41) is 0. The van der Waals surface area contributed by atoms with E-state index in [0.29, 0.717) is 30.6 Å². The van der Waals surface area contributed by atoms with Crippen molar-refractivity contribution in [2.75, 3.05) is 61.2 Å². The first-order chi connectivity index (χ1) is 18.6. The normalized spacial score (nSPS) is 20.2. The summed E-state index contributed by atoms with van der Waals surface area (Å²) in [5.41, 5.74) is 2.11. The van der Waals surface area contributed by atoms with Gasteiger partial charge in [0, 0.05) is 32.2 Å². The summed E-state index contributed by atoms with van der Waals surface area (Å²) < 4.78 is 27.9. The molecule has 2 atom stereocenters. The molecule has 0 N–H and O–H groups in total. The molecular weight excluding hydrogens is 484 g/mol. The molecule has 1 aliphatic heterocycles. The Labute approximate surface area is 226 Å². The molecule has 208 valence electrons. The van der Waals surface area contributed by atoms with Crippen molar-refractivity contribution in [3.8, 4) is 23.0 Å². The average molecular weight is 527 g/mol. The number of carbonyl (C=O) groups is 1. The molecule has 0 aromatic heterocycles. The van der Waals surface area contributed by atoms with Gasteiger partial charge < -0.3 is 28.6 Å². The van der Waals surface area contributed by atoms with Gasteiger partial charge in [0.05, 0.1) is 47.6 Å². The van der Waals surface area contributed by atoms with Gasteiger partial charge in [-0.15, -0.1) is 0 Å². The predicted octanol–water partition coefficient (Wildman–Crippen LogP) is 3.98. The number of methoxy groups -OCH3 is 4. The Hall–Kier alpha value is -2.97. The summed E-state index contributed by atoms with van der Waals surface area (Å²) in [6, 6.07) is 12.1. The van der Waals surface area contributed by atoms with E-state index in [1.54, 1.807) is 28.4 Å². The van der Waals surface area contributed by atoms with Crippen molar-refractivity contribution >= 4 is 5.91 Å². The van der Waals surface area contributed by atoms with E-state index in [9.17, 15) is 4.79 Å². The summed E-state index contributed by atoms with van der Waals surface area (Å²) in [5.74, 6) is 2.97. The number of nitrogens with zero attached hydrogens (tertiary/aromatic N) is 2. The molecule has 1 saturated heterocycles. The molecule has 1 saturated carbocycles. The lowest BCUT2D eigenvalue weighted by Gasteiger charge is -2.44. The van der Waals surface area contributed by atoms with Gasteiger partial charge in [-0.25, -0.2) is 0 Å². The molecule has 8 heteroatoms. The molecule has 8 nitrogen and oxygen atoms in total. The van der Waals surface area contributed by atoms with Gasteiger partial charge in [-0.1, -0.05) is 25.0 Å². The number of rotatable bonds is 11. The molecule has 2 aliphatic rings. The second-order valence-corrected chi connectivity index (χ2v) is 9.98. The second kappa shape index (κ2) is 13.7. The highest BCUT2D eigenvalue weighted by atomic mass is 16.5. The fourth-order valence-corrected chi connectivity index (χ4v) is 5.63. The molecule has 2 fully saturated rings. The van der Waals surface area contributed by atoms with Gasteiger partial charge in [-0.3, -0.25) is 9.69 Å². The maximum Gasteiger partial charge on any atom is 0.227 e. The van der Waals surface area contributed by atoms with E-state index in [2.05, 4.69) is 11.0 Å². The summed E-state index contributed by atoms with van der Waals surface area (Å²) in [6.07, 6.45) is 6.13. The first-order valence-electron chi connectivity index (χ1n) is 13.6. The molecule has 1 aliphatic carbocycles. The summed E-state index contributed by atoms with van der Waals surface area (Å²) in [4.78, 5) is 17.6. The zero-order valence-electron chi connectivity index (χ0n) is 23.2. The van der Waals surface area contributed by atoms with Crippen LogP contribution in [0.2, 0.25) is 0 Å². The largest absolute Gasteiger partial charge is 0.493 e. The fraction of sp³-hybridized carbons (Fsp3) is 0.567. The number of amides is 1. The Bertz CT molecular complexity index is 1050. The Morgan fingerprint density at radius 1 is 0.763 bits per heavy atom. The van der Waals surface area contributed by atoms with Crippen LogP contribution in [0.1, 0.15) is 36.8 Å². The number of ether oxygens (including phenoxy) is 5. The smallest absolute Gasteiger partial charge is 0.227 e. The zero-order chi connectivity index (χ0) is 26.9. The van der Waals surface area contributed by atoms with Gasteiger partial charge in [-0.05, 0) is 54.7 Å². The van der Waals surface area contributed by atoms with Crippen molar-refractivity contribution < 1.29 is 28.5 Å². The highest BCUT2D eigenvalue weighted by Gasteiger charge is 2.33. The minimum absolute atomic E-state index is 0.156. The van der Waals surface area contributed by atoms with Gasteiger partial charge in [0.1, 0.15) is 0 Å². The quantitative estimate of drug-likeness (QED) is 0.439. The van der Waals surface area contributed by atoms with Crippen molar-refractivity contribution in [1.29, 1.82) is 0 Å². The van der Waals surface area contributed by atoms with E-state index in [1.807, 2.05) is 35.2 Å². The van der Waals surface area contributed by atoms with E-state index in [-0.39, 0.29) is 12.0 Å². The van der Waals surface area contributed by atoms with Gasteiger partial charge in [0.15, 0.2) is 23.0 Å². The van der Waals surface area contributed by atoms with Crippen LogP contribution in [-0.2, 0) is 22.4 Å². The van der Waals surface area contributed by atoms with Gasteiger partial charge in [-0.2, -0.15) is 0 Å². The van der Waals surface area contributed by atoms with E-state index in [0.717, 1.165) is 62.5 Å². The number of benzene rings is 2. The van der Waals surface area contributed by atoms with Crippen LogP contribution in [0, 0.1) is 0 Å².